The van der Waals surface area contributed by atoms with E-state index < -0.39 is 0 Å². The Balaban J connectivity index is 2.31. The van der Waals surface area contributed by atoms with Gasteiger partial charge in [0.1, 0.15) is 5.75 Å². The summed E-state index contributed by atoms with van der Waals surface area (Å²) in [7, 11) is 1.60. The molecule has 1 aromatic carbocycles. The van der Waals surface area contributed by atoms with Crippen molar-refractivity contribution < 1.29 is 14.3 Å². The molecule has 0 fully saturated rings. The topological polar surface area (TPSA) is 47.6 Å². The fourth-order valence-corrected chi connectivity index (χ4v) is 2.20. The zero-order valence-electron chi connectivity index (χ0n) is 12.2. The van der Waals surface area contributed by atoms with Gasteiger partial charge in [-0.1, -0.05) is 0 Å². The van der Waals surface area contributed by atoms with Gasteiger partial charge < -0.3 is 14.8 Å². The molecular weight excluding hydrogens is 322 g/mol. The number of nitrogens with one attached hydrogen (secondary N) is 1. The molecule has 20 heavy (non-hydrogen) atoms. The number of hydrogen-bond donors (Lipinski definition) is 1. The fraction of sp³-hybridized carbons (Fsp3) is 0.533. The third-order valence-corrected chi connectivity index (χ3v) is 3.34. The molecule has 0 aliphatic rings. The zero-order chi connectivity index (χ0) is 15.0. The van der Waals surface area contributed by atoms with Crippen molar-refractivity contribution in [2.45, 2.75) is 32.8 Å². The van der Waals surface area contributed by atoms with Crippen LogP contribution in [0.2, 0.25) is 0 Å². The van der Waals surface area contributed by atoms with Gasteiger partial charge in [0, 0.05) is 18.7 Å². The summed E-state index contributed by atoms with van der Waals surface area (Å²) in [5, 5.41) is 2.90. The predicted octanol–water partition coefficient (Wildman–Crippen LogP) is 3.39. The molecule has 0 saturated carbocycles. The quantitative estimate of drug-likeness (QED) is 0.736. The number of methoxy groups -OCH3 is 1. The summed E-state index contributed by atoms with van der Waals surface area (Å²) < 4.78 is 11.3. The molecule has 0 aromatic heterocycles. The molecule has 1 rings (SSSR count). The van der Waals surface area contributed by atoms with Gasteiger partial charge in [-0.15, -0.1) is 0 Å². The summed E-state index contributed by atoms with van der Waals surface area (Å²) in [5.74, 6) is 0.644. The van der Waals surface area contributed by atoms with Gasteiger partial charge in [0.05, 0.1) is 17.7 Å². The Hall–Kier alpha value is -1.07. The molecule has 5 heteroatoms. The summed E-state index contributed by atoms with van der Waals surface area (Å²) in [4.78, 5) is 11.9. The molecule has 0 atom stereocenters. The standard InChI is InChI=1S/C15H22BrNO3/c1-11(2)20-9-5-4-8-17-15(18)12-6-7-14(19-3)13(16)10-12/h6-7,10-11H,4-5,8-9H2,1-3H3,(H,17,18). The van der Waals surface area contributed by atoms with Crippen molar-refractivity contribution in [3.63, 3.8) is 0 Å². The van der Waals surface area contributed by atoms with Gasteiger partial charge in [0.25, 0.3) is 5.91 Å². The van der Waals surface area contributed by atoms with Crippen LogP contribution < -0.4 is 10.1 Å². The normalized spacial score (nSPS) is 10.7. The van der Waals surface area contributed by atoms with Crippen molar-refractivity contribution in [3.8, 4) is 5.75 Å². The number of unbranched alkanes of at least 4 members (excludes halogenated alkanes) is 1. The first kappa shape index (κ1) is 17.0. The van der Waals surface area contributed by atoms with E-state index in [2.05, 4.69) is 21.2 Å². The number of halogens is 1. The Labute approximate surface area is 129 Å². The van der Waals surface area contributed by atoms with Crippen LogP contribution in [0.1, 0.15) is 37.0 Å². The van der Waals surface area contributed by atoms with Crippen molar-refractivity contribution in [2.24, 2.45) is 0 Å². The minimum absolute atomic E-state index is 0.0712. The zero-order valence-corrected chi connectivity index (χ0v) is 13.8. The molecule has 0 bridgehead atoms. The van der Waals surface area contributed by atoms with Crippen LogP contribution in [0.25, 0.3) is 0 Å². The Bertz CT molecular complexity index is 435. The van der Waals surface area contributed by atoms with E-state index in [9.17, 15) is 4.79 Å². The third kappa shape index (κ3) is 5.92. The minimum Gasteiger partial charge on any atom is -0.496 e. The number of amides is 1. The number of ether oxygens (including phenoxy) is 2. The molecular formula is C15H22BrNO3. The monoisotopic (exact) mass is 343 g/mol. The average molecular weight is 344 g/mol. The molecule has 4 nitrogen and oxygen atoms in total. The summed E-state index contributed by atoms with van der Waals surface area (Å²) in [6.07, 6.45) is 2.13. The fourth-order valence-electron chi connectivity index (χ4n) is 1.66. The van der Waals surface area contributed by atoms with E-state index in [0.29, 0.717) is 17.9 Å². The predicted molar refractivity (Wildman–Crippen MR) is 83.3 cm³/mol. The lowest BCUT2D eigenvalue weighted by Crippen LogP contribution is -2.24. The van der Waals surface area contributed by atoms with Gasteiger partial charge in [-0.2, -0.15) is 0 Å². The summed E-state index contributed by atoms with van der Waals surface area (Å²) in [6.45, 7) is 5.43. The maximum Gasteiger partial charge on any atom is 0.251 e. The second kappa shape index (κ2) is 8.97. The second-order valence-corrected chi connectivity index (χ2v) is 5.59. The number of hydrogen-bond acceptors (Lipinski definition) is 3. The number of rotatable bonds is 8. The van der Waals surface area contributed by atoms with Gasteiger partial charge in [-0.05, 0) is 60.8 Å². The van der Waals surface area contributed by atoms with Crippen LogP contribution in [0.5, 0.6) is 5.75 Å². The summed E-state index contributed by atoms with van der Waals surface area (Å²) >= 11 is 3.37. The highest BCUT2D eigenvalue weighted by atomic mass is 79.9. The van der Waals surface area contributed by atoms with Crippen LogP contribution in [0.15, 0.2) is 22.7 Å². The average Bonchev–Trinajstić information content (AvgIpc) is 2.42. The SMILES string of the molecule is COc1ccc(C(=O)NCCCCOC(C)C)cc1Br. The first-order chi connectivity index (χ1) is 9.54. The van der Waals surface area contributed by atoms with E-state index in [1.54, 1.807) is 25.3 Å². The van der Waals surface area contributed by atoms with Crippen molar-refractivity contribution in [1.82, 2.24) is 5.32 Å². The highest BCUT2D eigenvalue weighted by Gasteiger charge is 2.08. The summed E-state index contributed by atoms with van der Waals surface area (Å²) in [5.41, 5.74) is 0.621. The Morgan fingerprint density at radius 3 is 2.70 bits per heavy atom. The van der Waals surface area contributed by atoms with E-state index in [-0.39, 0.29) is 12.0 Å². The number of carbonyl (C=O) groups excluding carboxylic acids is 1. The van der Waals surface area contributed by atoms with Crippen molar-refractivity contribution in [2.75, 3.05) is 20.3 Å². The van der Waals surface area contributed by atoms with Gasteiger partial charge in [-0.25, -0.2) is 0 Å². The van der Waals surface area contributed by atoms with Crippen LogP contribution >= 0.6 is 15.9 Å². The van der Waals surface area contributed by atoms with Gasteiger partial charge in [0.2, 0.25) is 0 Å². The molecule has 1 amide bonds. The van der Waals surface area contributed by atoms with Crippen LogP contribution in [0, 0.1) is 0 Å². The molecule has 0 saturated heterocycles. The van der Waals surface area contributed by atoms with Crippen LogP contribution in [0.4, 0.5) is 0 Å². The molecule has 0 radical (unpaired) electrons. The number of benzene rings is 1. The minimum atomic E-state index is -0.0712. The molecule has 1 aromatic rings. The first-order valence-electron chi connectivity index (χ1n) is 6.78. The lowest BCUT2D eigenvalue weighted by molar-refractivity contribution is 0.0754. The molecule has 1 N–H and O–H groups in total. The maximum atomic E-state index is 11.9. The Morgan fingerprint density at radius 1 is 1.35 bits per heavy atom. The van der Waals surface area contributed by atoms with Gasteiger partial charge in [0.15, 0.2) is 0 Å². The third-order valence-electron chi connectivity index (χ3n) is 2.72. The molecule has 0 heterocycles. The lowest BCUT2D eigenvalue weighted by Gasteiger charge is -2.09. The molecule has 0 aliphatic heterocycles. The van der Waals surface area contributed by atoms with Crippen LogP contribution in [-0.4, -0.2) is 32.3 Å². The van der Waals surface area contributed by atoms with Crippen LogP contribution in [-0.2, 0) is 4.74 Å². The van der Waals surface area contributed by atoms with Crippen molar-refractivity contribution in [1.29, 1.82) is 0 Å². The maximum absolute atomic E-state index is 11.9. The summed E-state index contributed by atoms with van der Waals surface area (Å²) in [6, 6.07) is 5.28. The first-order valence-corrected chi connectivity index (χ1v) is 7.57. The van der Waals surface area contributed by atoms with Gasteiger partial charge >= 0.3 is 0 Å². The Morgan fingerprint density at radius 2 is 2.10 bits per heavy atom. The highest BCUT2D eigenvalue weighted by molar-refractivity contribution is 9.10. The van der Waals surface area contributed by atoms with E-state index >= 15 is 0 Å². The smallest absolute Gasteiger partial charge is 0.251 e. The van der Waals surface area contributed by atoms with E-state index in [4.69, 9.17) is 9.47 Å². The Kier molecular flexibility index (Phi) is 7.62. The number of carbonyl (C=O) groups is 1. The van der Waals surface area contributed by atoms with Crippen molar-refractivity contribution in [3.05, 3.63) is 28.2 Å². The van der Waals surface area contributed by atoms with Crippen molar-refractivity contribution >= 4 is 21.8 Å². The van der Waals surface area contributed by atoms with Gasteiger partial charge in [-0.3, -0.25) is 4.79 Å². The van der Waals surface area contributed by atoms with E-state index in [0.717, 1.165) is 23.9 Å². The molecule has 0 spiro atoms. The molecule has 0 unspecified atom stereocenters. The lowest BCUT2D eigenvalue weighted by atomic mass is 10.2. The van der Waals surface area contributed by atoms with E-state index in [1.165, 1.54) is 0 Å². The largest absolute Gasteiger partial charge is 0.496 e. The highest BCUT2D eigenvalue weighted by Crippen LogP contribution is 2.25. The molecule has 112 valence electrons. The van der Waals surface area contributed by atoms with E-state index in [1.807, 2.05) is 13.8 Å². The molecule has 0 aliphatic carbocycles. The van der Waals surface area contributed by atoms with Crippen LogP contribution in [0.3, 0.4) is 0 Å². The second-order valence-electron chi connectivity index (χ2n) is 4.73.